The lowest BCUT2D eigenvalue weighted by molar-refractivity contribution is -0.106. The summed E-state index contributed by atoms with van der Waals surface area (Å²) < 4.78 is 5.29. The Morgan fingerprint density at radius 1 is 1.53 bits per heavy atom. The number of hydrogen-bond donors (Lipinski definition) is 1. The van der Waals surface area contributed by atoms with Crippen LogP contribution in [-0.2, 0) is 9.53 Å². The van der Waals surface area contributed by atoms with E-state index in [1.807, 2.05) is 0 Å². The number of thiol groups is 1. The fourth-order valence-corrected chi connectivity index (χ4v) is 1.69. The van der Waals surface area contributed by atoms with Crippen LogP contribution in [0.2, 0.25) is 0 Å². The molecule has 0 amide bonds. The summed E-state index contributed by atoms with van der Waals surface area (Å²) in [5.74, 6) is 5.54. The summed E-state index contributed by atoms with van der Waals surface area (Å²) in [6.07, 6.45) is 0.890. The summed E-state index contributed by atoms with van der Waals surface area (Å²) in [6.45, 7) is 7.37. The number of ether oxygens (including phenoxy) is 1. The molecule has 1 saturated heterocycles. The van der Waals surface area contributed by atoms with Gasteiger partial charge in [-0.05, 0) is 19.3 Å². The average Bonchev–Trinajstić information content (AvgIpc) is 2.27. The van der Waals surface area contributed by atoms with Crippen LogP contribution in [0.15, 0.2) is 0 Å². The predicted octanol–water partition coefficient (Wildman–Crippen LogP) is 0.947. The number of morpholine rings is 1. The van der Waals surface area contributed by atoms with Crippen molar-refractivity contribution in [2.24, 2.45) is 0 Å². The van der Waals surface area contributed by atoms with Crippen LogP contribution in [-0.4, -0.2) is 41.9 Å². The highest BCUT2D eigenvalue weighted by Gasteiger charge is 2.29. The number of carbonyl (C=O) groups is 1. The number of nitrogens with zero attached hydrogens (tertiary/aromatic N) is 1. The van der Waals surface area contributed by atoms with Gasteiger partial charge in [0.1, 0.15) is 0 Å². The minimum absolute atomic E-state index is 0.234. The first-order valence-electron chi connectivity index (χ1n) is 5.17. The van der Waals surface area contributed by atoms with Gasteiger partial charge in [0, 0.05) is 13.1 Å². The molecule has 0 saturated carbocycles. The lowest BCUT2D eigenvalue weighted by Gasteiger charge is -2.39. The molecule has 0 aromatic rings. The van der Waals surface area contributed by atoms with Crippen LogP contribution in [0.1, 0.15) is 20.3 Å². The Balaban J connectivity index is 2.74. The van der Waals surface area contributed by atoms with Crippen molar-refractivity contribution >= 4 is 17.7 Å². The minimum Gasteiger partial charge on any atom is -0.379 e. The van der Waals surface area contributed by atoms with Crippen molar-refractivity contribution in [2.45, 2.75) is 25.8 Å². The monoisotopic (exact) mass is 227 g/mol. The van der Waals surface area contributed by atoms with Gasteiger partial charge in [-0.3, -0.25) is 9.69 Å². The molecule has 0 radical (unpaired) electrons. The van der Waals surface area contributed by atoms with E-state index in [4.69, 9.17) is 4.74 Å². The van der Waals surface area contributed by atoms with Gasteiger partial charge in [0.05, 0.1) is 18.8 Å². The van der Waals surface area contributed by atoms with Gasteiger partial charge in [-0.15, -0.1) is 0 Å². The summed E-state index contributed by atoms with van der Waals surface area (Å²) in [7, 11) is 0. The Bertz CT molecular complexity index is 289. The van der Waals surface area contributed by atoms with E-state index in [9.17, 15) is 4.79 Å². The second kappa shape index (κ2) is 5.55. The van der Waals surface area contributed by atoms with E-state index < -0.39 is 0 Å². The van der Waals surface area contributed by atoms with Crippen LogP contribution in [0.25, 0.3) is 0 Å². The first-order chi connectivity index (χ1) is 7.08. The maximum atomic E-state index is 10.7. The normalized spacial score (nSPS) is 21.3. The lowest BCUT2D eigenvalue weighted by Crippen LogP contribution is -2.50. The number of carbonyl (C=O) groups excluding carboxylic acids is 1. The SMILES string of the molecule is CCC(C)(C#CC(=O)S)N1CCOCC1. The van der Waals surface area contributed by atoms with Crippen LogP contribution >= 0.6 is 12.6 Å². The highest BCUT2D eigenvalue weighted by atomic mass is 32.1. The van der Waals surface area contributed by atoms with Gasteiger partial charge in [-0.25, -0.2) is 0 Å². The molecule has 0 aromatic heterocycles. The van der Waals surface area contributed by atoms with E-state index in [1.54, 1.807) is 0 Å². The number of hydrogen-bond acceptors (Lipinski definition) is 3. The first-order valence-corrected chi connectivity index (χ1v) is 5.62. The summed E-state index contributed by atoms with van der Waals surface area (Å²) in [6, 6.07) is 0. The fraction of sp³-hybridized carbons (Fsp3) is 0.727. The largest absolute Gasteiger partial charge is 0.379 e. The lowest BCUT2D eigenvalue weighted by atomic mass is 9.96. The molecule has 1 rings (SSSR count). The first kappa shape index (κ1) is 12.6. The highest BCUT2D eigenvalue weighted by Crippen LogP contribution is 2.19. The third-order valence-electron chi connectivity index (χ3n) is 2.84. The van der Waals surface area contributed by atoms with Gasteiger partial charge in [0.2, 0.25) is 0 Å². The Kier molecular flexibility index (Phi) is 4.65. The van der Waals surface area contributed by atoms with E-state index >= 15 is 0 Å². The molecule has 0 aromatic carbocycles. The molecule has 4 heteroatoms. The zero-order valence-corrected chi connectivity index (χ0v) is 10.1. The van der Waals surface area contributed by atoms with Gasteiger partial charge < -0.3 is 4.74 Å². The molecular weight excluding hydrogens is 210 g/mol. The van der Waals surface area contributed by atoms with Gasteiger partial charge in [0.25, 0.3) is 5.12 Å². The van der Waals surface area contributed by atoms with E-state index in [2.05, 4.69) is 43.2 Å². The molecule has 1 heterocycles. The molecule has 0 bridgehead atoms. The quantitative estimate of drug-likeness (QED) is 0.562. The maximum Gasteiger partial charge on any atom is 0.259 e. The molecule has 0 spiro atoms. The van der Waals surface area contributed by atoms with Crippen molar-refractivity contribution in [3.63, 3.8) is 0 Å². The molecule has 15 heavy (non-hydrogen) atoms. The van der Waals surface area contributed by atoms with Crippen molar-refractivity contribution in [1.82, 2.24) is 4.90 Å². The van der Waals surface area contributed by atoms with E-state index in [0.717, 1.165) is 32.7 Å². The molecule has 1 atom stereocenters. The van der Waals surface area contributed by atoms with Crippen LogP contribution < -0.4 is 0 Å². The second-order valence-corrected chi connectivity index (χ2v) is 4.19. The molecular formula is C11H17NO2S. The van der Waals surface area contributed by atoms with E-state index in [-0.39, 0.29) is 10.7 Å². The van der Waals surface area contributed by atoms with Crippen molar-refractivity contribution in [3.8, 4) is 11.8 Å². The zero-order chi connectivity index (χ0) is 11.3. The molecule has 1 aliphatic rings. The topological polar surface area (TPSA) is 29.5 Å². The van der Waals surface area contributed by atoms with Crippen LogP contribution in [0.5, 0.6) is 0 Å². The van der Waals surface area contributed by atoms with Gasteiger partial charge in [0.15, 0.2) is 0 Å². The molecule has 1 aliphatic heterocycles. The predicted molar refractivity (Wildman–Crippen MR) is 62.9 cm³/mol. The van der Waals surface area contributed by atoms with E-state index in [0.29, 0.717) is 0 Å². The van der Waals surface area contributed by atoms with Gasteiger partial charge in [-0.2, -0.15) is 0 Å². The van der Waals surface area contributed by atoms with Crippen LogP contribution in [0.4, 0.5) is 0 Å². The molecule has 0 aliphatic carbocycles. The summed E-state index contributed by atoms with van der Waals surface area (Å²) in [5, 5.41) is -0.372. The van der Waals surface area contributed by atoms with Crippen molar-refractivity contribution in [2.75, 3.05) is 26.3 Å². The Labute approximate surface area is 96.6 Å². The number of rotatable bonds is 2. The summed E-state index contributed by atoms with van der Waals surface area (Å²) >= 11 is 3.66. The maximum absolute atomic E-state index is 10.7. The third-order valence-corrected chi connectivity index (χ3v) is 2.95. The Morgan fingerprint density at radius 2 is 2.13 bits per heavy atom. The molecule has 84 valence electrons. The second-order valence-electron chi connectivity index (χ2n) is 3.78. The molecule has 3 nitrogen and oxygen atoms in total. The molecule has 0 N–H and O–H groups in total. The highest BCUT2D eigenvalue weighted by molar-refractivity contribution is 7.97. The Hall–Kier alpha value is -0.500. The van der Waals surface area contributed by atoms with Crippen molar-refractivity contribution in [1.29, 1.82) is 0 Å². The average molecular weight is 227 g/mol. The molecule has 1 unspecified atom stereocenters. The fourth-order valence-electron chi connectivity index (χ4n) is 1.64. The van der Waals surface area contributed by atoms with Gasteiger partial charge in [-0.1, -0.05) is 25.5 Å². The standard InChI is InChI=1S/C11H17NO2S/c1-3-11(2,5-4-10(13)15)12-6-8-14-9-7-12/h3,6-9H2,1-2H3,(H,13,15). The smallest absolute Gasteiger partial charge is 0.259 e. The van der Waals surface area contributed by atoms with E-state index in [1.165, 1.54) is 0 Å². The van der Waals surface area contributed by atoms with Crippen molar-refractivity contribution < 1.29 is 9.53 Å². The van der Waals surface area contributed by atoms with Crippen molar-refractivity contribution in [3.05, 3.63) is 0 Å². The van der Waals surface area contributed by atoms with Crippen LogP contribution in [0, 0.1) is 11.8 Å². The Morgan fingerprint density at radius 3 is 2.60 bits per heavy atom. The van der Waals surface area contributed by atoms with Crippen LogP contribution in [0.3, 0.4) is 0 Å². The van der Waals surface area contributed by atoms with Gasteiger partial charge >= 0.3 is 0 Å². The summed E-state index contributed by atoms with van der Waals surface area (Å²) in [5.41, 5.74) is -0.234. The zero-order valence-electron chi connectivity index (χ0n) is 9.25. The molecule has 1 fully saturated rings. The summed E-state index contributed by atoms with van der Waals surface area (Å²) in [4.78, 5) is 13.0. The minimum atomic E-state index is -0.372. The third kappa shape index (κ3) is 3.53.